The zero-order chi connectivity index (χ0) is 37.8. The number of nitrogens with zero attached hydrogens (tertiary/aromatic N) is 3. The fourth-order valence-electron chi connectivity index (χ4n) is 3.90. The van der Waals surface area contributed by atoms with Crippen LogP contribution in [0.15, 0.2) is 11.1 Å². The molecule has 50 heavy (non-hydrogen) atoms. The number of ether oxygens (including phenoxy) is 1. The Bertz CT molecular complexity index is 1850. The van der Waals surface area contributed by atoms with Gasteiger partial charge in [-0.2, -0.15) is 26.5 Å². The number of nitrogens with one attached hydrogen (secondary N) is 1. The largest absolute Gasteiger partial charge is 0.490 e. The summed E-state index contributed by atoms with van der Waals surface area (Å²) in [6.07, 6.45) is -1.22. The summed E-state index contributed by atoms with van der Waals surface area (Å²) in [7, 11) is -36.5. The molecule has 1 aliphatic rings. The molecule has 2 aromatic rings. The molecule has 0 saturated carbocycles. The van der Waals surface area contributed by atoms with E-state index in [0.29, 0.717) is 25.8 Å². The summed E-state index contributed by atoms with van der Waals surface area (Å²) >= 11 is 0. The lowest BCUT2D eigenvalue weighted by Crippen LogP contribution is -2.26. The molecule has 0 aliphatic carbocycles. The molecule has 0 amide bonds. The maximum Gasteiger partial charge on any atom is 0.490 e. The molecule has 3 heterocycles. The number of anilines is 1. The van der Waals surface area contributed by atoms with Gasteiger partial charge < -0.3 is 50.7 Å². The molecule has 2 aromatic heterocycles. The Hall–Kier alpha value is -1.11. The van der Waals surface area contributed by atoms with Gasteiger partial charge in [0, 0.05) is 6.42 Å². The number of unbranched alkanes of at least 4 members (excludes halogenated alkanes) is 3. The maximum absolute atomic E-state index is 12.3. The highest BCUT2D eigenvalue weighted by atomic mass is 31.3. The summed E-state index contributed by atoms with van der Waals surface area (Å²) in [6.45, 7) is -1.16. The minimum absolute atomic E-state index is 0.0509. The lowest BCUT2D eigenvalue weighted by Gasteiger charge is -2.21. The smallest absolute Gasteiger partial charge is 0.390 e. The average Bonchev–Trinajstić information content (AvgIpc) is 3.49. The van der Waals surface area contributed by atoms with Crippen LogP contribution in [0.25, 0.3) is 11.2 Å². The first-order valence-corrected chi connectivity index (χ1v) is 22.4. The molecule has 1 saturated heterocycles. The van der Waals surface area contributed by atoms with Crippen LogP contribution < -0.4 is 17.0 Å². The van der Waals surface area contributed by atoms with E-state index >= 15 is 0 Å². The maximum atomic E-state index is 12.3. The monoisotopic (exact) mass is 846 g/mol. The van der Waals surface area contributed by atoms with Crippen molar-refractivity contribution in [1.29, 1.82) is 0 Å². The van der Waals surface area contributed by atoms with Gasteiger partial charge in [-0.25, -0.2) is 32.4 Å². The van der Waals surface area contributed by atoms with Gasteiger partial charge >= 0.3 is 46.9 Å². The Morgan fingerprint density at radius 1 is 0.820 bits per heavy atom. The molecule has 288 valence electrons. The van der Waals surface area contributed by atoms with Crippen LogP contribution in [-0.4, -0.2) is 86.0 Å². The number of aliphatic hydroxyl groups excluding tert-OH is 1. The summed E-state index contributed by atoms with van der Waals surface area (Å²) in [5, 5.41) is 10.3. The van der Waals surface area contributed by atoms with E-state index in [-0.39, 0.29) is 30.0 Å². The van der Waals surface area contributed by atoms with Gasteiger partial charge in [-0.3, -0.25) is 23.4 Å². The second-order valence-electron chi connectivity index (χ2n) is 9.76. The third-order valence-electron chi connectivity index (χ3n) is 5.75. The number of hydrogen-bond acceptors (Lipinski definition) is 20. The van der Waals surface area contributed by atoms with E-state index in [1.807, 2.05) is 0 Å². The molecule has 6 unspecified atom stereocenters. The first-order valence-electron chi connectivity index (χ1n) is 13.4. The van der Waals surface area contributed by atoms with Gasteiger partial charge in [0.1, 0.15) is 12.3 Å². The van der Waals surface area contributed by atoms with Crippen LogP contribution in [0, 0.1) is 0 Å². The number of rotatable bonds is 21. The van der Waals surface area contributed by atoms with Crippen molar-refractivity contribution in [2.24, 2.45) is 5.73 Å². The fraction of sp³-hybridized carbons (Fsp3) is 0.688. The lowest BCUT2D eigenvalue weighted by atomic mass is 10.2. The van der Waals surface area contributed by atoms with E-state index in [9.17, 15) is 66.7 Å². The predicted molar refractivity (Wildman–Crippen MR) is 161 cm³/mol. The number of aromatic nitrogens is 4. The average molecular weight is 846 g/mol. The predicted octanol–water partition coefficient (Wildman–Crippen LogP) is 0.588. The van der Waals surface area contributed by atoms with Crippen molar-refractivity contribution in [3.05, 3.63) is 16.7 Å². The van der Waals surface area contributed by atoms with Crippen molar-refractivity contribution in [1.82, 2.24) is 19.5 Å². The van der Waals surface area contributed by atoms with Crippen LogP contribution >= 0.6 is 46.9 Å². The van der Waals surface area contributed by atoms with Crippen LogP contribution in [0.4, 0.5) is 5.95 Å². The van der Waals surface area contributed by atoms with Gasteiger partial charge in [-0.05, 0) is 19.4 Å². The summed E-state index contributed by atoms with van der Waals surface area (Å²) < 4.78 is 106. The van der Waals surface area contributed by atoms with Crippen molar-refractivity contribution in [3.63, 3.8) is 0 Å². The highest BCUT2D eigenvalue weighted by Gasteiger charge is 2.50. The Kier molecular flexibility index (Phi) is 14.6. The summed E-state index contributed by atoms with van der Waals surface area (Å²) in [5.41, 5.74) is 9.95. The lowest BCUT2D eigenvalue weighted by molar-refractivity contribution is -0.0423. The number of nitrogens with two attached hydrogens (primary N) is 2. The molecule has 0 radical (unpaired) electrons. The van der Waals surface area contributed by atoms with E-state index in [4.69, 9.17) is 16.2 Å². The molecular formula is C16H32N6O22P6. The van der Waals surface area contributed by atoms with Crippen molar-refractivity contribution in [2.45, 2.75) is 50.5 Å². The number of aromatic amines is 1. The first kappa shape index (κ1) is 43.3. The van der Waals surface area contributed by atoms with E-state index in [0.717, 1.165) is 6.33 Å². The van der Waals surface area contributed by atoms with Crippen molar-refractivity contribution in [2.75, 3.05) is 25.5 Å². The highest BCUT2D eigenvalue weighted by molar-refractivity contribution is 7.72. The Morgan fingerprint density at radius 2 is 1.32 bits per heavy atom. The zero-order valence-corrected chi connectivity index (χ0v) is 30.3. The molecule has 0 aromatic carbocycles. The molecule has 9 atom stereocenters. The standard InChI is InChI=1S/C16H32N6O22P6/c17-5-3-1-2-4-6-37-45(25,26)40-47(29,30)42-49(33,34)44-50(35,36)43-48(31,32)41-46(27,28)38-8-11-10(23)7-12(39-11)22-9-19-13-14(22)20-16(18)21-15(13)24/h9-12,23H,1-8,17H2,(H,25,26)(H,27,28)(H,29,30)(H,31,32)(H,33,34)(H,35,36)(H3,18,20,21,24)/t10-,11-,12-/m1/s1. The first-order chi connectivity index (χ1) is 22.8. The van der Waals surface area contributed by atoms with Gasteiger partial charge in [-0.15, -0.1) is 0 Å². The number of hydrogen-bond donors (Lipinski definition) is 10. The molecule has 12 N–H and O–H groups in total. The van der Waals surface area contributed by atoms with Gasteiger partial charge in [0.25, 0.3) is 5.56 Å². The number of phosphoric ester groups is 2. The van der Waals surface area contributed by atoms with Crippen LogP contribution in [-0.2, 0) is 62.7 Å². The zero-order valence-electron chi connectivity index (χ0n) is 24.9. The molecule has 0 spiro atoms. The Morgan fingerprint density at radius 3 is 1.86 bits per heavy atom. The van der Waals surface area contributed by atoms with Gasteiger partial charge in [0.2, 0.25) is 5.95 Å². The van der Waals surface area contributed by atoms with Crippen LogP contribution in [0.2, 0.25) is 0 Å². The Labute approximate surface area is 279 Å². The molecule has 1 aliphatic heterocycles. The normalized spacial score (nSPS) is 25.6. The van der Waals surface area contributed by atoms with Gasteiger partial charge in [0.15, 0.2) is 11.2 Å². The number of H-pyrrole nitrogens is 1. The number of fused-ring (bicyclic) bond motifs is 1. The second kappa shape index (κ2) is 16.9. The van der Waals surface area contributed by atoms with Crippen LogP contribution in [0.3, 0.4) is 0 Å². The molecule has 34 heteroatoms. The molecular weight excluding hydrogens is 814 g/mol. The molecule has 3 rings (SSSR count). The van der Waals surface area contributed by atoms with E-state index in [2.05, 4.69) is 45.6 Å². The number of nitrogen functional groups attached to an aromatic ring is 1. The summed E-state index contributed by atoms with van der Waals surface area (Å²) in [4.78, 5) is 79.8. The quantitative estimate of drug-likeness (QED) is 0.0607. The fourth-order valence-corrected chi connectivity index (χ4v) is 11.7. The molecule has 1 fully saturated rings. The number of aliphatic hydroxyl groups is 1. The molecule has 0 bridgehead atoms. The van der Waals surface area contributed by atoms with Crippen molar-refractivity contribution >= 4 is 64.0 Å². The minimum atomic E-state index is -6.44. The van der Waals surface area contributed by atoms with Crippen molar-refractivity contribution in [3.8, 4) is 0 Å². The van der Waals surface area contributed by atoms with Crippen molar-refractivity contribution < 1.29 is 97.2 Å². The number of imidazole rings is 1. The summed E-state index contributed by atoms with van der Waals surface area (Å²) in [6, 6.07) is 0. The topological polar surface area (TPSA) is 433 Å². The van der Waals surface area contributed by atoms with E-state index in [1.165, 1.54) is 4.57 Å². The van der Waals surface area contributed by atoms with Crippen LogP contribution in [0.5, 0.6) is 0 Å². The van der Waals surface area contributed by atoms with Gasteiger partial charge in [0.05, 0.1) is 25.6 Å². The SMILES string of the molecule is NCCCCCCOP(=O)(O)OP(=O)(O)OP(=O)(O)OP(=O)(O)OP(=O)(O)OP(=O)(O)OC[C@H]1O[C@@H](n2cnc3c(=O)[nH]c(N)nc32)C[C@H]1O. The number of phosphoric acid groups is 6. The summed E-state index contributed by atoms with van der Waals surface area (Å²) in [5.74, 6) is -0.272. The molecule has 28 nitrogen and oxygen atoms in total. The third-order valence-corrected chi connectivity index (χ3v) is 15.0. The Balaban J connectivity index is 1.53. The van der Waals surface area contributed by atoms with Crippen LogP contribution in [0.1, 0.15) is 38.3 Å². The third kappa shape index (κ3) is 13.7. The minimum Gasteiger partial charge on any atom is -0.390 e. The van der Waals surface area contributed by atoms with E-state index < -0.39 is 84.1 Å². The second-order valence-corrected chi connectivity index (χ2v) is 19.2. The van der Waals surface area contributed by atoms with Gasteiger partial charge in [-0.1, -0.05) is 12.8 Å². The highest BCUT2D eigenvalue weighted by Crippen LogP contribution is 2.75. The van der Waals surface area contributed by atoms with E-state index in [1.54, 1.807) is 0 Å².